The molecule has 9 nitrogen and oxygen atoms in total. The van der Waals surface area contributed by atoms with Gasteiger partial charge in [0.2, 0.25) is 16.9 Å². The number of benzene rings is 3. The van der Waals surface area contributed by atoms with Crippen molar-refractivity contribution in [1.82, 2.24) is 4.90 Å². The number of alkyl halides is 3. The van der Waals surface area contributed by atoms with Crippen LogP contribution in [-0.4, -0.2) is 45.3 Å². The molecule has 1 fully saturated rings. The average Bonchev–Trinajstić information content (AvgIpc) is 3.03. The summed E-state index contributed by atoms with van der Waals surface area (Å²) in [5, 5.41) is 0.159. The molecule has 1 aromatic heterocycles. The number of fused-ring (bicyclic) bond motifs is 1. The largest absolute Gasteiger partial charge is 0.493 e. The summed E-state index contributed by atoms with van der Waals surface area (Å²) in [5.41, 5.74) is -1.27. The van der Waals surface area contributed by atoms with Gasteiger partial charge in [0.15, 0.2) is 11.5 Å². The van der Waals surface area contributed by atoms with E-state index >= 15 is 0 Å². The highest BCUT2D eigenvalue weighted by atomic mass is 35.5. The van der Waals surface area contributed by atoms with Crippen molar-refractivity contribution in [2.45, 2.75) is 32.0 Å². The molecular formula is C32H29ClF3NO8. The minimum absolute atomic E-state index is 0.0256. The second-order valence-corrected chi connectivity index (χ2v) is 10.6. The molecule has 0 N–H and O–H groups in total. The molecule has 238 valence electrons. The van der Waals surface area contributed by atoms with Crippen LogP contribution in [0.25, 0.3) is 11.0 Å². The normalized spacial score (nSPS) is 13.8. The summed E-state index contributed by atoms with van der Waals surface area (Å²) in [7, 11) is 4.18. The highest BCUT2D eigenvalue weighted by Gasteiger charge is 2.41. The van der Waals surface area contributed by atoms with Crippen LogP contribution in [0.2, 0.25) is 5.02 Å². The van der Waals surface area contributed by atoms with Gasteiger partial charge in [-0.1, -0.05) is 18.0 Å². The summed E-state index contributed by atoms with van der Waals surface area (Å²) in [6, 6.07) is 10.9. The summed E-state index contributed by atoms with van der Waals surface area (Å²) < 4.78 is 75.8. The number of carbonyl (C=O) groups excluding carboxylic acids is 1. The molecule has 0 bridgehead atoms. The van der Waals surface area contributed by atoms with Gasteiger partial charge >= 0.3 is 12.1 Å². The van der Waals surface area contributed by atoms with Gasteiger partial charge in [-0.05, 0) is 74.5 Å². The van der Waals surface area contributed by atoms with Crippen LogP contribution in [0, 0.1) is 0 Å². The number of ether oxygens (including phenoxy) is 5. The molecule has 0 unspecified atom stereocenters. The van der Waals surface area contributed by atoms with Crippen molar-refractivity contribution in [1.29, 1.82) is 0 Å². The van der Waals surface area contributed by atoms with Crippen molar-refractivity contribution in [3.63, 3.8) is 0 Å². The molecule has 0 aliphatic carbocycles. The van der Waals surface area contributed by atoms with E-state index in [1.165, 1.54) is 69.9 Å². The monoisotopic (exact) mass is 647 g/mol. The zero-order chi connectivity index (χ0) is 32.3. The van der Waals surface area contributed by atoms with E-state index in [1.54, 1.807) is 0 Å². The Morgan fingerprint density at radius 2 is 1.53 bits per heavy atom. The van der Waals surface area contributed by atoms with Crippen LogP contribution in [0.4, 0.5) is 13.2 Å². The Hall–Kier alpha value is -4.42. The average molecular weight is 648 g/mol. The van der Waals surface area contributed by atoms with Gasteiger partial charge in [-0.25, -0.2) is 4.79 Å². The molecule has 1 aliphatic heterocycles. The van der Waals surface area contributed by atoms with Crippen molar-refractivity contribution < 1.29 is 46.1 Å². The van der Waals surface area contributed by atoms with Crippen molar-refractivity contribution in [2.75, 3.05) is 34.4 Å². The third-order valence-corrected chi connectivity index (χ3v) is 7.56. The van der Waals surface area contributed by atoms with Gasteiger partial charge in [0.25, 0.3) is 5.76 Å². The molecule has 1 saturated heterocycles. The Balaban J connectivity index is 1.65. The first-order valence-electron chi connectivity index (χ1n) is 13.9. The zero-order valence-electron chi connectivity index (χ0n) is 24.6. The van der Waals surface area contributed by atoms with Crippen LogP contribution in [0.5, 0.6) is 34.5 Å². The summed E-state index contributed by atoms with van der Waals surface area (Å²) >= 11 is 5.89. The van der Waals surface area contributed by atoms with E-state index in [1.807, 2.05) is 4.90 Å². The number of halogens is 4. The number of likely N-dealkylation sites (tertiary alicyclic amines) is 1. The molecule has 4 aromatic rings. The second kappa shape index (κ2) is 13.3. The van der Waals surface area contributed by atoms with E-state index in [9.17, 15) is 22.8 Å². The quantitative estimate of drug-likeness (QED) is 0.135. The first kappa shape index (κ1) is 32.0. The Bertz CT molecular complexity index is 1740. The fraction of sp³-hybridized carbons (Fsp3) is 0.312. The van der Waals surface area contributed by atoms with E-state index < -0.39 is 29.1 Å². The first-order chi connectivity index (χ1) is 21.5. The third kappa shape index (κ3) is 6.81. The van der Waals surface area contributed by atoms with E-state index in [2.05, 4.69) is 0 Å². The van der Waals surface area contributed by atoms with Gasteiger partial charge in [-0.15, -0.1) is 0 Å². The second-order valence-electron chi connectivity index (χ2n) is 10.2. The molecule has 2 heterocycles. The highest BCUT2D eigenvalue weighted by Crippen LogP contribution is 2.42. The molecule has 0 radical (unpaired) electrons. The molecule has 45 heavy (non-hydrogen) atoms. The lowest BCUT2D eigenvalue weighted by atomic mass is 10.1. The van der Waals surface area contributed by atoms with Crippen LogP contribution in [-0.2, 0) is 12.7 Å². The number of hydrogen-bond acceptors (Lipinski definition) is 9. The van der Waals surface area contributed by atoms with Crippen molar-refractivity contribution in [2.24, 2.45) is 0 Å². The maximum absolute atomic E-state index is 14.4. The predicted octanol–water partition coefficient (Wildman–Crippen LogP) is 7.49. The van der Waals surface area contributed by atoms with Crippen LogP contribution in [0.15, 0.2) is 57.7 Å². The standard InChI is InChI=1S/C32H29ClF3NO8/c1-40-24-15-18(16-25(41-2)28(24)42-3)31(39)44-23-12-11-21-26(38)29(43-20-9-7-19(33)8-10-20)30(32(34,35)36)45-27(21)22(23)17-37-13-5-4-6-14-37/h7-12,15-16H,4-6,13-14,17H2,1-3H3. The Kier molecular flexibility index (Phi) is 9.45. The van der Waals surface area contributed by atoms with Gasteiger partial charge in [0.1, 0.15) is 17.1 Å². The topological polar surface area (TPSA) is 96.7 Å². The molecule has 5 rings (SSSR count). The summed E-state index contributed by atoms with van der Waals surface area (Å²) in [4.78, 5) is 29.0. The van der Waals surface area contributed by atoms with Gasteiger partial charge in [0.05, 0.1) is 37.8 Å². The molecular weight excluding hydrogens is 619 g/mol. The van der Waals surface area contributed by atoms with E-state index in [-0.39, 0.29) is 57.4 Å². The van der Waals surface area contributed by atoms with Crippen LogP contribution < -0.4 is 29.1 Å². The molecule has 3 aromatic carbocycles. The van der Waals surface area contributed by atoms with Gasteiger partial charge in [-0.3, -0.25) is 9.69 Å². The molecule has 0 atom stereocenters. The number of methoxy groups -OCH3 is 3. The molecule has 1 aliphatic rings. The Morgan fingerprint density at radius 1 is 0.889 bits per heavy atom. The maximum Gasteiger partial charge on any atom is 0.453 e. The Labute approximate surface area is 260 Å². The number of carbonyl (C=O) groups is 1. The maximum atomic E-state index is 14.4. The van der Waals surface area contributed by atoms with Crippen LogP contribution >= 0.6 is 11.6 Å². The minimum Gasteiger partial charge on any atom is -0.493 e. The van der Waals surface area contributed by atoms with Gasteiger partial charge in [-0.2, -0.15) is 13.2 Å². The minimum atomic E-state index is -5.10. The smallest absolute Gasteiger partial charge is 0.453 e. The number of piperidine rings is 1. The van der Waals surface area contributed by atoms with Crippen LogP contribution in [0.3, 0.4) is 0 Å². The lowest BCUT2D eigenvalue weighted by Crippen LogP contribution is -2.29. The van der Waals surface area contributed by atoms with Gasteiger partial charge in [0, 0.05) is 11.6 Å². The van der Waals surface area contributed by atoms with Crippen LogP contribution in [0.1, 0.15) is 40.9 Å². The first-order valence-corrected chi connectivity index (χ1v) is 14.3. The molecule has 13 heteroatoms. The van der Waals surface area contributed by atoms with Crippen molar-refractivity contribution >= 4 is 28.5 Å². The molecule has 0 amide bonds. The van der Waals surface area contributed by atoms with Crippen molar-refractivity contribution in [3.05, 3.63) is 80.7 Å². The van der Waals surface area contributed by atoms with E-state index in [0.29, 0.717) is 18.1 Å². The summed E-state index contributed by atoms with van der Waals surface area (Å²) in [6.07, 6.45) is -2.33. The SMILES string of the molecule is COc1cc(C(=O)Oc2ccc3c(=O)c(Oc4ccc(Cl)cc4)c(C(F)(F)F)oc3c2CN2CCCCC2)cc(OC)c1OC. The summed E-state index contributed by atoms with van der Waals surface area (Å²) in [5.74, 6) is -2.96. The number of rotatable bonds is 9. The fourth-order valence-electron chi connectivity index (χ4n) is 5.12. The number of esters is 1. The number of hydrogen-bond donors (Lipinski definition) is 0. The zero-order valence-corrected chi connectivity index (χ0v) is 25.3. The van der Waals surface area contributed by atoms with E-state index in [4.69, 9.17) is 39.7 Å². The highest BCUT2D eigenvalue weighted by molar-refractivity contribution is 6.30. The fourth-order valence-corrected chi connectivity index (χ4v) is 5.25. The molecule has 0 spiro atoms. The van der Waals surface area contributed by atoms with E-state index in [0.717, 1.165) is 19.3 Å². The predicted molar refractivity (Wildman–Crippen MR) is 159 cm³/mol. The lowest BCUT2D eigenvalue weighted by Gasteiger charge is -2.27. The lowest BCUT2D eigenvalue weighted by molar-refractivity contribution is -0.154. The Morgan fingerprint density at radius 3 is 2.11 bits per heavy atom. The summed E-state index contributed by atoms with van der Waals surface area (Å²) in [6.45, 7) is 1.38. The number of nitrogens with zero attached hydrogens (tertiary/aromatic N) is 1. The van der Waals surface area contributed by atoms with Gasteiger partial charge < -0.3 is 28.1 Å². The van der Waals surface area contributed by atoms with Crippen molar-refractivity contribution in [3.8, 4) is 34.5 Å². The molecule has 0 saturated carbocycles. The third-order valence-electron chi connectivity index (χ3n) is 7.30.